The molecule has 3 heterocycles. The van der Waals surface area contributed by atoms with Gasteiger partial charge in [-0.2, -0.15) is 0 Å². The minimum atomic E-state index is -0.120. The van der Waals surface area contributed by atoms with E-state index in [9.17, 15) is 4.79 Å². The number of carbonyl (C=O) groups is 1. The van der Waals surface area contributed by atoms with Crippen molar-refractivity contribution in [2.24, 2.45) is 5.92 Å². The van der Waals surface area contributed by atoms with Gasteiger partial charge in [0.1, 0.15) is 0 Å². The van der Waals surface area contributed by atoms with E-state index in [2.05, 4.69) is 67.6 Å². The van der Waals surface area contributed by atoms with Gasteiger partial charge in [0, 0.05) is 68.1 Å². The van der Waals surface area contributed by atoms with E-state index in [1.54, 1.807) is 18.6 Å². The second-order valence-electron chi connectivity index (χ2n) is 9.75. The van der Waals surface area contributed by atoms with Gasteiger partial charge in [0.2, 0.25) is 5.95 Å². The summed E-state index contributed by atoms with van der Waals surface area (Å²) in [5.74, 6) is 0.622. The Balaban J connectivity index is 1.21. The molecule has 2 N–H and O–H groups in total. The SMILES string of the molecule is CC1C=CC(NC(=O)c2ccc(CN3CCN([11CH3])CC3)cc2)=CC1Nc1nccc(-c2cccnc2)n1. The van der Waals surface area contributed by atoms with Crippen LogP contribution in [0.3, 0.4) is 0 Å². The number of hydrogen-bond acceptors (Lipinski definition) is 7. The van der Waals surface area contributed by atoms with Crippen molar-refractivity contribution in [3.63, 3.8) is 0 Å². The molecule has 0 bridgehead atoms. The average Bonchev–Trinajstić information content (AvgIpc) is 2.93. The minimum absolute atomic E-state index is 0.0598. The van der Waals surface area contributed by atoms with Crippen LogP contribution in [0.2, 0.25) is 0 Å². The van der Waals surface area contributed by atoms with Crippen molar-refractivity contribution in [1.29, 1.82) is 0 Å². The predicted octanol–water partition coefficient (Wildman–Crippen LogP) is 3.59. The monoisotopic (exact) mass is 494 g/mol. The minimum Gasteiger partial charge on any atom is -0.347 e. The second-order valence-corrected chi connectivity index (χ2v) is 9.75. The third kappa shape index (κ3) is 6.47. The van der Waals surface area contributed by atoms with Gasteiger partial charge < -0.3 is 15.5 Å². The molecule has 1 fully saturated rings. The van der Waals surface area contributed by atoms with Gasteiger partial charge in [0.15, 0.2) is 0 Å². The van der Waals surface area contributed by atoms with Crippen LogP contribution in [0.4, 0.5) is 5.95 Å². The lowest BCUT2D eigenvalue weighted by Gasteiger charge is -2.32. The Hall–Kier alpha value is -3.88. The number of aromatic nitrogens is 3. The third-order valence-electron chi connectivity index (χ3n) is 6.89. The maximum atomic E-state index is 12.9. The van der Waals surface area contributed by atoms with Crippen LogP contribution in [0, 0.1) is 5.92 Å². The van der Waals surface area contributed by atoms with Crippen molar-refractivity contribution in [3.8, 4) is 11.3 Å². The van der Waals surface area contributed by atoms with Crippen LogP contribution in [0.5, 0.6) is 0 Å². The number of nitrogens with one attached hydrogen (secondary N) is 2. The van der Waals surface area contributed by atoms with E-state index in [0.717, 1.165) is 49.7 Å². The smallest absolute Gasteiger partial charge is 0.255 e. The molecule has 2 aliphatic rings. The summed E-state index contributed by atoms with van der Waals surface area (Å²) in [5, 5.41) is 6.45. The lowest BCUT2D eigenvalue weighted by atomic mass is 9.95. The first-order valence-corrected chi connectivity index (χ1v) is 12.7. The summed E-state index contributed by atoms with van der Waals surface area (Å²) in [4.78, 5) is 31.0. The lowest BCUT2D eigenvalue weighted by molar-refractivity contribution is 0.0966. The molecule has 5 rings (SSSR count). The molecular weight excluding hydrogens is 461 g/mol. The first-order valence-electron chi connectivity index (χ1n) is 12.7. The molecule has 1 aliphatic carbocycles. The van der Waals surface area contributed by atoms with Gasteiger partial charge in [-0.15, -0.1) is 0 Å². The summed E-state index contributed by atoms with van der Waals surface area (Å²) in [6, 6.07) is 13.6. The Kier molecular flexibility index (Phi) is 7.67. The molecule has 1 amide bonds. The lowest BCUT2D eigenvalue weighted by Crippen LogP contribution is -2.43. The van der Waals surface area contributed by atoms with Crippen molar-refractivity contribution >= 4 is 11.9 Å². The van der Waals surface area contributed by atoms with Gasteiger partial charge in [-0.05, 0) is 61.0 Å². The number of rotatable bonds is 7. The van der Waals surface area contributed by atoms with Crippen LogP contribution in [-0.2, 0) is 6.54 Å². The number of piperazine rings is 1. The highest BCUT2D eigenvalue weighted by Gasteiger charge is 2.20. The molecule has 0 radical (unpaired) electrons. The van der Waals surface area contributed by atoms with Gasteiger partial charge in [-0.1, -0.05) is 25.1 Å². The zero-order chi connectivity index (χ0) is 25.6. The number of carbonyl (C=O) groups excluding carboxylic acids is 1. The fourth-order valence-electron chi connectivity index (χ4n) is 4.51. The third-order valence-corrected chi connectivity index (χ3v) is 6.89. The predicted molar refractivity (Wildman–Crippen MR) is 146 cm³/mol. The molecular formula is C29H33N7O. The number of benzene rings is 1. The highest BCUT2D eigenvalue weighted by Crippen LogP contribution is 2.21. The van der Waals surface area contributed by atoms with Crippen LogP contribution in [0.15, 0.2) is 85.0 Å². The summed E-state index contributed by atoms with van der Waals surface area (Å²) >= 11 is 0. The van der Waals surface area contributed by atoms with Gasteiger partial charge in [0.05, 0.1) is 11.7 Å². The number of nitrogens with zero attached hydrogens (tertiary/aromatic N) is 5. The number of amides is 1. The zero-order valence-corrected chi connectivity index (χ0v) is 21.3. The highest BCUT2D eigenvalue weighted by molar-refractivity contribution is 5.95. The fourth-order valence-corrected chi connectivity index (χ4v) is 4.51. The van der Waals surface area contributed by atoms with E-state index in [4.69, 9.17) is 0 Å². The largest absolute Gasteiger partial charge is 0.347 e. The molecule has 2 atom stereocenters. The first kappa shape index (κ1) is 24.8. The molecule has 3 aromatic rings. The topological polar surface area (TPSA) is 86.3 Å². The molecule has 2 aromatic heterocycles. The first-order chi connectivity index (χ1) is 18.0. The van der Waals surface area contributed by atoms with Gasteiger partial charge in [-0.25, -0.2) is 9.97 Å². The van der Waals surface area contributed by atoms with Crippen LogP contribution in [-0.4, -0.2) is 69.9 Å². The average molecular weight is 495 g/mol. The van der Waals surface area contributed by atoms with E-state index in [-0.39, 0.29) is 17.9 Å². The van der Waals surface area contributed by atoms with E-state index in [1.165, 1.54) is 5.56 Å². The molecule has 0 spiro atoms. The quantitative estimate of drug-likeness (QED) is 0.519. The molecule has 190 valence electrons. The van der Waals surface area contributed by atoms with Gasteiger partial charge >= 0.3 is 0 Å². The Morgan fingerprint density at radius 1 is 1.05 bits per heavy atom. The van der Waals surface area contributed by atoms with Crippen LogP contribution in [0.25, 0.3) is 11.3 Å². The van der Waals surface area contributed by atoms with E-state index in [1.807, 2.05) is 42.5 Å². The molecule has 37 heavy (non-hydrogen) atoms. The maximum Gasteiger partial charge on any atom is 0.255 e. The Bertz CT molecular complexity index is 1260. The van der Waals surface area contributed by atoms with Crippen molar-refractivity contribution in [1.82, 2.24) is 30.1 Å². The van der Waals surface area contributed by atoms with Gasteiger partial charge in [0.25, 0.3) is 5.91 Å². The Morgan fingerprint density at radius 2 is 1.86 bits per heavy atom. The molecule has 8 heteroatoms. The second kappa shape index (κ2) is 11.5. The van der Waals surface area contributed by atoms with E-state index >= 15 is 0 Å². The van der Waals surface area contributed by atoms with Crippen molar-refractivity contribution in [3.05, 3.63) is 96.1 Å². The summed E-state index contributed by atoms with van der Waals surface area (Å²) in [6.45, 7) is 7.38. The highest BCUT2D eigenvalue weighted by atomic mass is 16.1. The number of allylic oxidation sites excluding steroid dienone is 1. The maximum absolute atomic E-state index is 12.9. The van der Waals surface area contributed by atoms with Crippen molar-refractivity contribution < 1.29 is 4.79 Å². The number of hydrogen-bond donors (Lipinski definition) is 2. The van der Waals surface area contributed by atoms with Crippen LogP contribution < -0.4 is 10.6 Å². The standard InChI is InChI=1S/C29H33N7O/c1-21-5-10-25(18-27(21)34-29-31-13-11-26(33-29)24-4-3-12-30-19-24)32-28(37)23-8-6-22(7-9-23)20-36-16-14-35(2)15-17-36/h3-13,18-19,21,27H,14-17,20H2,1-2H3,(H,32,37)(H,31,33,34)/i2-1. The summed E-state index contributed by atoms with van der Waals surface area (Å²) < 4.78 is 0. The van der Waals surface area contributed by atoms with Crippen LogP contribution in [0.1, 0.15) is 22.8 Å². The molecule has 0 saturated carbocycles. The molecule has 1 aromatic carbocycles. The molecule has 1 aliphatic heterocycles. The molecule has 1 saturated heterocycles. The Morgan fingerprint density at radius 3 is 2.62 bits per heavy atom. The fraction of sp³-hybridized carbons (Fsp3) is 0.310. The van der Waals surface area contributed by atoms with Crippen LogP contribution >= 0.6 is 0 Å². The molecule has 2 unspecified atom stereocenters. The molecule has 8 nitrogen and oxygen atoms in total. The van der Waals surface area contributed by atoms with E-state index < -0.39 is 0 Å². The summed E-state index contributed by atoms with van der Waals surface area (Å²) in [5.41, 5.74) is 4.36. The number of likely N-dealkylation sites (N-methyl/N-ethyl adjacent to an activating group) is 1. The van der Waals surface area contributed by atoms with Crippen molar-refractivity contribution in [2.75, 3.05) is 38.5 Å². The number of anilines is 1. The number of pyridine rings is 1. The zero-order valence-electron chi connectivity index (χ0n) is 21.3. The summed E-state index contributed by atoms with van der Waals surface area (Å²) in [6.07, 6.45) is 11.3. The van der Waals surface area contributed by atoms with Gasteiger partial charge in [-0.3, -0.25) is 14.7 Å². The Labute approximate surface area is 218 Å². The normalized spacial score (nSPS) is 20.3. The van der Waals surface area contributed by atoms with E-state index in [0.29, 0.717) is 11.5 Å². The summed E-state index contributed by atoms with van der Waals surface area (Å²) in [7, 11) is 2.16. The van der Waals surface area contributed by atoms with Crippen molar-refractivity contribution in [2.45, 2.75) is 19.5 Å².